The standard InChI is InChI=1S/C14H15ClN4O2S/c1-21-13(20)9-6-11-12(7-10(9)15)18-14(17-11)22-5-4-19-3-2-16-8-19/h2-3,6-7,16H,4-5,8H2,1H3,(H,17,18). The summed E-state index contributed by atoms with van der Waals surface area (Å²) >= 11 is 7.73. The zero-order valence-electron chi connectivity index (χ0n) is 11.9. The Bertz CT molecular complexity index is 731. The summed E-state index contributed by atoms with van der Waals surface area (Å²) in [5, 5.41) is 4.29. The zero-order valence-corrected chi connectivity index (χ0v) is 13.5. The highest BCUT2D eigenvalue weighted by Gasteiger charge is 2.14. The molecule has 0 saturated heterocycles. The van der Waals surface area contributed by atoms with E-state index in [1.807, 2.05) is 12.4 Å². The van der Waals surface area contributed by atoms with Crippen LogP contribution >= 0.6 is 23.4 Å². The minimum absolute atomic E-state index is 0.327. The molecule has 0 bridgehead atoms. The van der Waals surface area contributed by atoms with Crippen LogP contribution in [-0.2, 0) is 4.74 Å². The SMILES string of the molecule is COC(=O)c1cc2nc(SCCN3C=CNC3)[nH]c2cc1Cl. The zero-order chi connectivity index (χ0) is 15.5. The molecule has 3 rings (SSSR count). The molecule has 0 saturated carbocycles. The number of aromatic nitrogens is 2. The number of nitrogens with zero attached hydrogens (tertiary/aromatic N) is 2. The molecule has 1 aliphatic heterocycles. The maximum Gasteiger partial charge on any atom is 0.339 e. The van der Waals surface area contributed by atoms with Crippen LogP contribution in [0.3, 0.4) is 0 Å². The first-order valence-electron chi connectivity index (χ1n) is 6.72. The van der Waals surface area contributed by atoms with Gasteiger partial charge >= 0.3 is 5.97 Å². The Morgan fingerprint density at radius 2 is 2.41 bits per heavy atom. The minimum Gasteiger partial charge on any atom is -0.465 e. The number of rotatable bonds is 5. The number of hydrogen-bond acceptors (Lipinski definition) is 6. The molecule has 22 heavy (non-hydrogen) atoms. The Kier molecular flexibility index (Phi) is 4.44. The minimum atomic E-state index is -0.461. The van der Waals surface area contributed by atoms with Crippen molar-refractivity contribution in [1.82, 2.24) is 20.2 Å². The van der Waals surface area contributed by atoms with Crippen molar-refractivity contribution in [3.05, 3.63) is 35.1 Å². The van der Waals surface area contributed by atoms with Crippen molar-refractivity contribution in [2.75, 3.05) is 26.1 Å². The van der Waals surface area contributed by atoms with Crippen LogP contribution in [0.25, 0.3) is 11.0 Å². The van der Waals surface area contributed by atoms with E-state index in [0.29, 0.717) is 16.1 Å². The summed E-state index contributed by atoms with van der Waals surface area (Å²) in [6.07, 6.45) is 3.96. The molecule has 1 aliphatic rings. The lowest BCUT2D eigenvalue weighted by Gasteiger charge is -2.13. The highest BCUT2D eigenvalue weighted by Crippen LogP contribution is 2.26. The summed E-state index contributed by atoms with van der Waals surface area (Å²) < 4.78 is 4.71. The molecule has 0 fully saturated rings. The number of ether oxygens (including phenoxy) is 1. The predicted octanol–water partition coefficient (Wildman–Crippen LogP) is 2.43. The van der Waals surface area contributed by atoms with Crippen molar-refractivity contribution in [2.45, 2.75) is 5.16 Å². The normalized spacial score (nSPS) is 13.6. The topological polar surface area (TPSA) is 70.2 Å². The van der Waals surface area contributed by atoms with Gasteiger partial charge in [-0.3, -0.25) is 0 Å². The van der Waals surface area contributed by atoms with Gasteiger partial charge in [0.2, 0.25) is 0 Å². The monoisotopic (exact) mass is 338 g/mol. The van der Waals surface area contributed by atoms with E-state index in [4.69, 9.17) is 16.3 Å². The summed E-state index contributed by atoms with van der Waals surface area (Å²) in [6.45, 7) is 1.78. The maximum absolute atomic E-state index is 11.6. The molecule has 6 nitrogen and oxygen atoms in total. The molecule has 1 aromatic carbocycles. The number of esters is 1. The fourth-order valence-electron chi connectivity index (χ4n) is 2.14. The van der Waals surface area contributed by atoms with Gasteiger partial charge in [-0.15, -0.1) is 0 Å². The van der Waals surface area contributed by atoms with Gasteiger partial charge in [0.15, 0.2) is 5.16 Å². The first-order chi connectivity index (χ1) is 10.7. The van der Waals surface area contributed by atoms with Gasteiger partial charge in [-0.1, -0.05) is 23.4 Å². The number of nitrogens with one attached hydrogen (secondary N) is 2. The summed E-state index contributed by atoms with van der Waals surface area (Å²) in [5.41, 5.74) is 1.84. The molecule has 0 atom stereocenters. The third-order valence-corrected chi connectivity index (χ3v) is 4.44. The lowest BCUT2D eigenvalue weighted by atomic mass is 10.2. The smallest absolute Gasteiger partial charge is 0.339 e. The second-order valence-electron chi connectivity index (χ2n) is 4.72. The molecule has 0 amide bonds. The summed E-state index contributed by atoms with van der Waals surface area (Å²) in [5.74, 6) is 0.445. The van der Waals surface area contributed by atoms with Crippen LogP contribution in [0.2, 0.25) is 5.02 Å². The highest BCUT2D eigenvalue weighted by molar-refractivity contribution is 7.99. The number of benzene rings is 1. The number of thioether (sulfide) groups is 1. The van der Waals surface area contributed by atoms with Crippen LogP contribution in [0, 0.1) is 0 Å². The number of hydrogen-bond donors (Lipinski definition) is 2. The Morgan fingerprint density at radius 1 is 1.55 bits per heavy atom. The molecule has 0 spiro atoms. The Balaban J connectivity index is 1.72. The number of imidazole rings is 1. The number of carbonyl (C=O) groups excluding carboxylic acids is 1. The van der Waals surface area contributed by atoms with Crippen molar-refractivity contribution < 1.29 is 9.53 Å². The first-order valence-corrected chi connectivity index (χ1v) is 8.08. The molecule has 1 aromatic heterocycles. The van der Waals surface area contributed by atoms with Crippen molar-refractivity contribution in [3.63, 3.8) is 0 Å². The van der Waals surface area contributed by atoms with Crippen molar-refractivity contribution in [1.29, 1.82) is 0 Å². The molecule has 2 heterocycles. The molecule has 0 unspecified atom stereocenters. The fourth-order valence-corrected chi connectivity index (χ4v) is 3.24. The van der Waals surface area contributed by atoms with Gasteiger partial charge in [-0.2, -0.15) is 0 Å². The molecule has 116 valence electrons. The molecule has 0 aliphatic carbocycles. The average Bonchev–Trinajstić information content (AvgIpc) is 3.14. The number of carbonyl (C=O) groups is 1. The van der Waals surface area contributed by atoms with Crippen LogP contribution in [0.5, 0.6) is 0 Å². The van der Waals surface area contributed by atoms with Gasteiger partial charge < -0.3 is 19.9 Å². The second kappa shape index (κ2) is 6.50. The molecule has 2 aromatic rings. The third kappa shape index (κ3) is 3.15. The van der Waals surface area contributed by atoms with Crippen LogP contribution in [0.4, 0.5) is 0 Å². The highest BCUT2D eigenvalue weighted by atomic mass is 35.5. The predicted molar refractivity (Wildman–Crippen MR) is 87.0 cm³/mol. The van der Waals surface area contributed by atoms with E-state index in [0.717, 1.165) is 29.6 Å². The van der Waals surface area contributed by atoms with E-state index in [-0.39, 0.29) is 0 Å². The van der Waals surface area contributed by atoms with Crippen molar-refractivity contribution in [2.24, 2.45) is 0 Å². The number of aromatic amines is 1. The van der Waals surface area contributed by atoms with E-state index < -0.39 is 5.97 Å². The molecular formula is C14H15ClN4O2S. The van der Waals surface area contributed by atoms with Gasteiger partial charge in [0, 0.05) is 24.7 Å². The maximum atomic E-state index is 11.6. The Hall–Kier alpha value is -1.86. The van der Waals surface area contributed by atoms with E-state index in [1.165, 1.54) is 7.11 Å². The summed E-state index contributed by atoms with van der Waals surface area (Å²) in [7, 11) is 1.33. The fraction of sp³-hybridized carbons (Fsp3) is 0.286. The number of halogens is 1. The van der Waals surface area contributed by atoms with E-state index in [2.05, 4.69) is 20.2 Å². The molecule has 2 N–H and O–H groups in total. The van der Waals surface area contributed by atoms with Crippen LogP contribution < -0.4 is 5.32 Å². The Labute approximate surface area is 136 Å². The van der Waals surface area contributed by atoms with E-state index in [9.17, 15) is 4.79 Å². The Morgan fingerprint density at radius 3 is 3.14 bits per heavy atom. The van der Waals surface area contributed by atoms with Gasteiger partial charge in [-0.25, -0.2) is 9.78 Å². The number of H-pyrrole nitrogens is 1. The molecular weight excluding hydrogens is 324 g/mol. The number of fused-ring (bicyclic) bond motifs is 1. The van der Waals surface area contributed by atoms with Gasteiger partial charge in [0.05, 0.1) is 35.4 Å². The summed E-state index contributed by atoms with van der Waals surface area (Å²) in [4.78, 5) is 21.5. The van der Waals surface area contributed by atoms with E-state index in [1.54, 1.807) is 23.9 Å². The lowest BCUT2D eigenvalue weighted by molar-refractivity contribution is 0.0601. The van der Waals surface area contributed by atoms with E-state index >= 15 is 0 Å². The van der Waals surface area contributed by atoms with Gasteiger partial charge in [0.25, 0.3) is 0 Å². The quantitative estimate of drug-likeness (QED) is 0.644. The van der Waals surface area contributed by atoms with Gasteiger partial charge in [-0.05, 0) is 12.1 Å². The largest absolute Gasteiger partial charge is 0.465 e. The van der Waals surface area contributed by atoms with Crippen LogP contribution in [0.1, 0.15) is 10.4 Å². The number of methoxy groups -OCH3 is 1. The average molecular weight is 339 g/mol. The van der Waals surface area contributed by atoms with Crippen LogP contribution in [-0.4, -0.2) is 46.9 Å². The van der Waals surface area contributed by atoms with Crippen molar-refractivity contribution >= 4 is 40.4 Å². The second-order valence-corrected chi connectivity index (χ2v) is 6.21. The third-order valence-electron chi connectivity index (χ3n) is 3.27. The van der Waals surface area contributed by atoms with Crippen LogP contribution in [0.15, 0.2) is 29.7 Å². The lowest BCUT2D eigenvalue weighted by Crippen LogP contribution is -2.22. The molecule has 0 radical (unpaired) electrons. The molecule has 8 heteroatoms. The van der Waals surface area contributed by atoms with Gasteiger partial charge in [0.1, 0.15) is 0 Å². The van der Waals surface area contributed by atoms with Crippen molar-refractivity contribution in [3.8, 4) is 0 Å². The summed E-state index contributed by atoms with van der Waals surface area (Å²) in [6, 6.07) is 3.35. The first kappa shape index (κ1) is 15.1.